The number of amides is 2. The van der Waals surface area contributed by atoms with Gasteiger partial charge in [-0.1, -0.05) is 24.3 Å². The number of nitrogens with zero attached hydrogens (tertiary/aromatic N) is 2. The number of nitrogens with one attached hydrogen (secondary N) is 2. The van der Waals surface area contributed by atoms with Crippen molar-refractivity contribution in [2.24, 2.45) is 0 Å². The van der Waals surface area contributed by atoms with Gasteiger partial charge in [0.15, 0.2) is 0 Å². The van der Waals surface area contributed by atoms with Gasteiger partial charge in [0.05, 0.1) is 18.8 Å². The first-order chi connectivity index (χ1) is 15.2. The van der Waals surface area contributed by atoms with E-state index in [1.54, 1.807) is 30.3 Å². The summed E-state index contributed by atoms with van der Waals surface area (Å²) in [5.74, 6) is -0.184. The minimum Gasteiger partial charge on any atom is -0.383 e. The SMILES string of the molecule is COCCN1C(=O)c2ccccc2C1Nc1ccc(C(=O)NCc2ccccn2)cc1. The lowest BCUT2D eigenvalue weighted by Gasteiger charge is -2.27. The van der Waals surface area contributed by atoms with Crippen LogP contribution in [0.25, 0.3) is 0 Å². The second-order valence-electron chi connectivity index (χ2n) is 7.21. The molecule has 0 fully saturated rings. The summed E-state index contributed by atoms with van der Waals surface area (Å²) >= 11 is 0. The van der Waals surface area contributed by atoms with E-state index in [1.807, 2.05) is 54.6 Å². The molecule has 1 aliphatic heterocycles. The first-order valence-corrected chi connectivity index (χ1v) is 10.1. The number of methoxy groups -OCH3 is 1. The zero-order valence-corrected chi connectivity index (χ0v) is 17.2. The topological polar surface area (TPSA) is 83.6 Å². The van der Waals surface area contributed by atoms with Gasteiger partial charge in [0.2, 0.25) is 0 Å². The number of hydrogen-bond acceptors (Lipinski definition) is 5. The average Bonchev–Trinajstić information content (AvgIpc) is 3.08. The van der Waals surface area contributed by atoms with Crippen molar-refractivity contribution in [3.63, 3.8) is 0 Å². The molecular formula is C24H24N4O3. The van der Waals surface area contributed by atoms with Gasteiger partial charge in [0.1, 0.15) is 6.17 Å². The van der Waals surface area contributed by atoms with Crippen molar-refractivity contribution >= 4 is 17.5 Å². The molecule has 158 valence electrons. The van der Waals surface area contributed by atoms with Gasteiger partial charge in [-0.15, -0.1) is 0 Å². The number of benzene rings is 2. The van der Waals surface area contributed by atoms with E-state index in [0.717, 1.165) is 16.9 Å². The molecule has 0 bridgehead atoms. The smallest absolute Gasteiger partial charge is 0.256 e. The summed E-state index contributed by atoms with van der Waals surface area (Å²) in [6.07, 6.45) is 1.41. The molecule has 1 aliphatic rings. The minimum absolute atomic E-state index is 0.0179. The highest BCUT2D eigenvalue weighted by Gasteiger charge is 2.36. The van der Waals surface area contributed by atoms with Gasteiger partial charge in [-0.2, -0.15) is 0 Å². The van der Waals surface area contributed by atoms with E-state index < -0.39 is 0 Å². The summed E-state index contributed by atoms with van der Waals surface area (Å²) in [5.41, 5.74) is 3.80. The molecule has 0 radical (unpaired) electrons. The van der Waals surface area contributed by atoms with Crippen LogP contribution in [0.5, 0.6) is 0 Å². The number of fused-ring (bicyclic) bond motifs is 1. The number of carbonyl (C=O) groups is 2. The summed E-state index contributed by atoms with van der Waals surface area (Å²) in [4.78, 5) is 31.2. The number of hydrogen-bond donors (Lipinski definition) is 2. The van der Waals surface area contributed by atoms with Gasteiger partial charge >= 0.3 is 0 Å². The largest absolute Gasteiger partial charge is 0.383 e. The number of carbonyl (C=O) groups excluding carboxylic acids is 2. The molecule has 31 heavy (non-hydrogen) atoms. The van der Waals surface area contributed by atoms with E-state index in [9.17, 15) is 9.59 Å². The van der Waals surface area contributed by atoms with Crippen molar-refractivity contribution in [3.05, 3.63) is 95.3 Å². The van der Waals surface area contributed by atoms with Crippen LogP contribution < -0.4 is 10.6 Å². The number of rotatable bonds is 8. The first kappa shape index (κ1) is 20.6. The molecule has 2 heterocycles. The van der Waals surface area contributed by atoms with E-state index in [2.05, 4.69) is 15.6 Å². The number of anilines is 1. The number of ether oxygens (including phenoxy) is 1. The maximum atomic E-state index is 12.8. The predicted octanol–water partition coefficient (Wildman–Crippen LogP) is 3.22. The summed E-state index contributed by atoms with van der Waals surface area (Å²) < 4.78 is 5.18. The van der Waals surface area contributed by atoms with E-state index in [4.69, 9.17) is 4.74 Å². The molecule has 1 aromatic heterocycles. The van der Waals surface area contributed by atoms with Crippen LogP contribution in [0.1, 0.15) is 38.1 Å². The monoisotopic (exact) mass is 416 g/mol. The molecule has 0 saturated carbocycles. The lowest BCUT2D eigenvalue weighted by atomic mass is 10.1. The van der Waals surface area contributed by atoms with Gasteiger partial charge in [-0.25, -0.2) is 0 Å². The number of aromatic nitrogens is 1. The average molecular weight is 416 g/mol. The summed E-state index contributed by atoms with van der Waals surface area (Å²) in [6.45, 7) is 1.30. The molecule has 7 nitrogen and oxygen atoms in total. The Labute approximate surface area is 181 Å². The van der Waals surface area contributed by atoms with Gasteiger partial charge in [-0.3, -0.25) is 14.6 Å². The summed E-state index contributed by atoms with van der Waals surface area (Å²) in [7, 11) is 1.62. The van der Waals surface area contributed by atoms with Crippen molar-refractivity contribution in [1.29, 1.82) is 0 Å². The molecule has 4 rings (SSSR count). The van der Waals surface area contributed by atoms with Crippen LogP contribution >= 0.6 is 0 Å². The molecule has 2 amide bonds. The highest BCUT2D eigenvalue weighted by molar-refractivity contribution is 5.99. The van der Waals surface area contributed by atoms with Gasteiger partial charge in [-0.05, 0) is 42.5 Å². The van der Waals surface area contributed by atoms with E-state index in [-0.39, 0.29) is 18.0 Å². The fourth-order valence-corrected chi connectivity index (χ4v) is 3.60. The third kappa shape index (κ3) is 4.57. The van der Waals surface area contributed by atoms with Crippen molar-refractivity contribution < 1.29 is 14.3 Å². The van der Waals surface area contributed by atoms with Crippen molar-refractivity contribution in [3.8, 4) is 0 Å². The van der Waals surface area contributed by atoms with Gasteiger partial charge < -0.3 is 20.3 Å². The zero-order chi connectivity index (χ0) is 21.6. The predicted molar refractivity (Wildman–Crippen MR) is 118 cm³/mol. The summed E-state index contributed by atoms with van der Waals surface area (Å²) in [5, 5.41) is 6.29. The maximum absolute atomic E-state index is 12.8. The highest BCUT2D eigenvalue weighted by Crippen LogP contribution is 2.34. The van der Waals surface area contributed by atoms with Crippen molar-refractivity contribution in [2.75, 3.05) is 25.6 Å². The highest BCUT2D eigenvalue weighted by atomic mass is 16.5. The fourth-order valence-electron chi connectivity index (χ4n) is 3.60. The Morgan fingerprint density at radius 1 is 1.06 bits per heavy atom. The van der Waals surface area contributed by atoms with Crippen LogP contribution in [-0.4, -0.2) is 42.0 Å². The van der Waals surface area contributed by atoms with Crippen LogP contribution in [-0.2, 0) is 11.3 Å². The van der Waals surface area contributed by atoms with Crippen molar-refractivity contribution in [2.45, 2.75) is 12.7 Å². The Hall–Kier alpha value is -3.71. The van der Waals surface area contributed by atoms with Crippen LogP contribution in [0.2, 0.25) is 0 Å². The molecule has 2 N–H and O–H groups in total. The van der Waals surface area contributed by atoms with Crippen LogP contribution in [0.15, 0.2) is 72.9 Å². The normalized spacial score (nSPS) is 14.9. The van der Waals surface area contributed by atoms with E-state index in [0.29, 0.717) is 30.8 Å². The van der Waals surface area contributed by atoms with Crippen LogP contribution in [0, 0.1) is 0 Å². The minimum atomic E-state index is -0.289. The quantitative estimate of drug-likeness (QED) is 0.589. The van der Waals surface area contributed by atoms with Crippen molar-refractivity contribution in [1.82, 2.24) is 15.2 Å². The maximum Gasteiger partial charge on any atom is 0.256 e. The number of pyridine rings is 1. The Balaban J connectivity index is 1.45. The van der Waals surface area contributed by atoms with Gasteiger partial charge in [0, 0.05) is 42.2 Å². The first-order valence-electron chi connectivity index (χ1n) is 10.1. The molecule has 3 aromatic rings. The lowest BCUT2D eigenvalue weighted by Crippen LogP contribution is -2.35. The van der Waals surface area contributed by atoms with Crippen LogP contribution in [0.3, 0.4) is 0 Å². The molecule has 0 spiro atoms. The van der Waals surface area contributed by atoms with E-state index >= 15 is 0 Å². The summed E-state index contributed by atoms with van der Waals surface area (Å²) in [6, 6.07) is 20.4. The molecule has 1 unspecified atom stereocenters. The molecular weight excluding hydrogens is 392 g/mol. The Bertz CT molecular complexity index is 1050. The van der Waals surface area contributed by atoms with E-state index in [1.165, 1.54) is 0 Å². The molecule has 0 aliphatic carbocycles. The molecule has 0 saturated heterocycles. The molecule has 7 heteroatoms. The van der Waals surface area contributed by atoms with Gasteiger partial charge in [0.25, 0.3) is 11.8 Å². The Kier molecular flexibility index (Phi) is 6.24. The second-order valence-corrected chi connectivity index (χ2v) is 7.21. The molecule has 1 atom stereocenters. The zero-order valence-electron chi connectivity index (χ0n) is 17.2. The second kappa shape index (κ2) is 9.40. The Morgan fingerprint density at radius 2 is 1.84 bits per heavy atom. The fraction of sp³-hybridized carbons (Fsp3) is 0.208. The molecule has 2 aromatic carbocycles. The van der Waals surface area contributed by atoms with Crippen LogP contribution in [0.4, 0.5) is 5.69 Å². The lowest BCUT2D eigenvalue weighted by molar-refractivity contribution is 0.0674. The third-order valence-electron chi connectivity index (χ3n) is 5.20. The standard InChI is InChI=1S/C24H24N4O3/c1-31-15-14-28-22(20-7-2-3-8-21(20)24(28)30)27-18-11-9-17(10-12-18)23(29)26-16-19-6-4-5-13-25-19/h2-13,22,27H,14-16H2,1H3,(H,26,29). The third-order valence-corrected chi connectivity index (χ3v) is 5.20. The Morgan fingerprint density at radius 3 is 2.58 bits per heavy atom.